The van der Waals surface area contributed by atoms with Crippen LogP contribution in [0.4, 0.5) is 0 Å². The van der Waals surface area contributed by atoms with Gasteiger partial charge in [0.2, 0.25) is 0 Å². The van der Waals surface area contributed by atoms with E-state index in [0.717, 1.165) is 17.3 Å². The molecule has 0 atom stereocenters. The fourth-order valence-electron chi connectivity index (χ4n) is 0.269. The Bertz CT molecular complexity index is 157. The van der Waals surface area contributed by atoms with Gasteiger partial charge >= 0.3 is 27.0 Å². The van der Waals surface area contributed by atoms with Crippen LogP contribution in [0.1, 0.15) is 0 Å². The Labute approximate surface area is 82.6 Å². The van der Waals surface area contributed by atoms with Crippen LogP contribution >= 0.6 is 32.9 Å². The minimum atomic E-state index is 0.231. The molecule has 0 unspecified atom stereocenters. The predicted octanol–water partition coefficient (Wildman–Crippen LogP) is 2.27. The number of rotatable bonds is 0. The third kappa shape index (κ3) is 4.40. The summed E-state index contributed by atoms with van der Waals surface area (Å²) in [5, 5.41) is 7.37. The second-order valence-corrected chi connectivity index (χ2v) is 1.85. The molecule has 0 saturated heterocycles. The van der Waals surface area contributed by atoms with Crippen LogP contribution in [-0.2, 0) is 17.3 Å². The average Bonchev–Trinajstić information content (AvgIpc) is 2.00. The summed E-state index contributed by atoms with van der Waals surface area (Å²) in [6.07, 6.45) is 0. The van der Waals surface area contributed by atoms with Crippen molar-refractivity contribution < 1.29 is 17.3 Å². The van der Waals surface area contributed by atoms with Crippen LogP contribution < -0.4 is 0 Å². The van der Waals surface area contributed by atoms with E-state index >= 15 is 0 Å². The van der Waals surface area contributed by atoms with Crippen molar-refractivity contribution in [2.75, 3.05) is 0 Å². The van der Waals surface area contributed by atoms with Gasteiger partial charge < -0.3 is 0 Å². The molecule has 1 rings (SSSR count). The molecule has 0 fully saturated rings. The van der Waals surface area contributed by atoms with Crippen molar-refractivity contribution in [2.24, 2.45) is 0 Å². The summed E-state index contributed by atoms with van der Waals surface area (Å²) in [5.41, 5.74) is 0. The van der Waals surface area contributed by atoms with Gasteiger partial charge in [0.1, 0.15) is 0 Å². The molecule has 0 bridgehead atoms. The van der Waals surface area contributed by atoms with Crippen LogP contribution in [0.3, 0.4) is 0 Å². The summed E-state index contributed by atoms with van der Waals surface area (Å²) < 4.78 is 0. The van der Waals surface area contributed by atoms with Crippen molar-refractivity contribution in [1.29, 1.82) is 0 Å². The zero-order valence-electron chi connectivity index (χ0n) is 4.81. The SMILES string of the molecule is Clc1[c-]cc(Cl)nn1.[Cl][Zn+]. The van der Waals surface area contributed by atoms with Gasteiger partial charge in [0.25, 0.3) is 0 Å². The summed E-state index contributed by atoms with van der Waals surface area (Å²) >= 11 is 11.5. The molecular formula is C4HCl3N2Zn. The van der Waals surface area contributed by atoms with Crippen molar-refractivity contribution >= 4 is 32.9 Å². The normalized spacial score (nSPS) is 8.10. The third-order valence-corrected chi connectivity index (χ3v) is 0.913. The zero-order chi connectivity index (χ0) is 7.98. The second kappa shape index (κ2) is 6.29. The fraction of sp³-hybridized carbons (Fsp3) is 0. The average molecular weight is 249 g/mol. The van der Waals surface area contributed by atoms with Gasteiger partial charge in [0.05, 0.1) is 5.15 Å². The van der Waals surface area contributed by atoms with Crippen LogP contribution in [0.15, 0.2) is 6.07 Å². The van der Waals surface area contributed by atoms with Gasteiger partial charge in [-0.05, 0) is 5.15 Å². The molecule has 0 aliphatic heterocycles. The van der Waals surface area contributed by atoms with Crippen molar-refractivity contribution in [2.45, 2.75) is 0 Å². The Kier molecular flexibility index (Phi) is 6.66. The van der Waals surface area contributed by atoms with Crippen LogP contribution in [0.5, 0.6) is 0 Å². The molecule has 0 spiro atoms. The van der Waals surface area contributed by atoms with Gasteiger partial charge in [-0.15, -0.1) is 0 Å². The molecule has 6 heteroatoms. The molecule has 0 aromatic carbocycles. The first-order valence-electron chi connectivity index (χ1n) is 2.12. The van der Waals surface area contributed by atoms with Crippen LogP contribution in [0.25, 0.3) is 0 Å². The van der Waals surface area contributed by atoms with E-state index in [1.165, 1.54) is 6.07 Å². The number of hydrogen-bond donors (Lipinski definition) is 0. The van der Waals surface area contributed by atoms with Crippen LogP contribution in [0.2, 0.25) is 10.3 Å². The summed E-state index contributed by atoms with van der Waals surface area (Å²) in [4.78, 5) is 0. The first-order valence-corrected chi connectivity index (χ1v) is 6.77. The first-order chi connectivity index (χ1) is 4.79. The number of halogens is 3. The Hall–Kier alpha value is 0.573. The van der Waals surface area contributed by atoms with Crippen molar-refractivity contribution in [1.82, 2.24) is 10.2 Å². The van der Waals surface area contributed by atoms with Gasteiger partial charge in [-0.2, -0.15) is 22.8 Å². The van der Waals surface area contributed by atoms with Crippen molar-refractivity contribution in [3.8, 4) is 0 Å². The minimum absolute atomic E-state index is 0.231. The van der Waals surface area contributed by atoms with E-state index in [-0.39, 0.29) is 5.15 Å². The summed E-state index contributed by atoms with van der Waals surface area (Å²) in [6.45, 7) is 0. The predicted molar refractivity (Wildman–Crippen MR) is 36.7 cm³/mol. The molecule has 0 radical (unpaired) electrons. The van der Waals surface area contributed by atoms with Crippen molar-refractivity contribution in [3.63, 3.8) is 0 Å². The van der Waals surface area contributed by atoms with E-state index in [1.807, 2.05) is 0 Å². The van der Waals surface area contributed by atoms with Crippen LogP contribution in [0, 0.1) is 6.07 Å². The fourth-order valence-corrected chi connectivity index (χ4v) is 0.453. The van der Waals surface area contributed by atoms with E-state index in [4.69, 9.17) is 32.9 Å². The Morgan fingerprint density at radius 1 is 1.30 bits per heavy atom. The monoisotopic (exact) mass is 246 g/mol. The molecule has 0 aliphatic rings. The second-order valence-electron chi connectivity index (χ2n) is 1.10. The van der Waals surface area contributed by atoms with Gasteiger partial charge in [0.15, 0.2) is 0 Å². The van der Waals surface area contributed by atoms with E-state index in [9.17, 15) is 0 Å². The Morgan fingerprint density at radius 2 is 1.90 bits per heavy atom. The van der Waals surface area contributed by atoms with E-state index < -0.39 is 0 Å². The van der Waals surface area contributed by atoms with Crippen molar-refractivity contribution in [3.05, 3.63) is 22.4 Å². The van der Waals surface area contributed by atoms with Gasteiger partial charge in [0, 0.05) is 0 Å². The van der Waals surface area contributed by atoms with Gasteiger partial charge in [-0.3, -0.25) is 0 Å². The quantitative estimate of drug-likeness (QED) is 0.520. The molecule has 1 heterocycles. The van der Waals surface area contributed by atoms with Crippen LogP contribution in [-0.4, -0.2) is 10.2 Å². The summed E-state index contributed by atoms with van der Waals surface area (Å²) in [5.74, 6) is 0. The summed E-state index contributed by atoms with van der Waals surface area (Å²) in [6, 6.07) is 4.01. The first kappa shape index (κ1) is 10.6. The topological polar surface area (TPSA) is 25.8 Å². The number of hydrogen-bond acceptors (Lipinski definition) is 2. The number of nitrogens with zero attached hydrogens (tertiary/aromatic N) is 2. The molecule has 0 amide bonds. The van der Waals surface area contributed by atoms with E-state index in [1.54, 1.807) is 0 Å². The molecule has 0 aliphatic carbocycles. The molecule has 1 aromatic heterocycles. The van der Waals surface area contributed by atoms with E-state index in [0.29, 0.717) is 5.15 Å². The maximum atomic E-state index is 5.35. The third-order valence-electron chi connectivity index (χ3n) is 0.544. The molecule has 0 N–H and O–H groups in total. The molecular weight excluding hydrogens is 248 g/mol. The molecule has 1 aromatic rings. The van der Waals surface area contributed by atoms with E-state index in [2.05, 4.69) is 16.3 Å². The van der Waals surface area contributed by atoms with Gasteiger partial charge in [-0.25, -0.2) is 11.2 Å². The molecule has 10 heavy (non-hydrogen) atoms. The molecule has 2 nitrogen and oxygen atoms in total. The molecule has 0 saturated carbocycles. The van der Waals surface area contributed by atoms with Gasteiger partial charge in [-0.1, -0.05) is 11.6 Å². The molecule has 50 valence electrons. The maximum absolute atomic E-state index is 5.35. The number of aromatic nitrogens is 2. The zero-order valence-corrected chi connectivity index (χ0v) is 10.0. The Balaban J connectivity index is 0.000000371. The summed E-state index contributed by atoms with van der Waals surface area (Å²) in [7, 11) is 4.76. The Morgan fingerprint density at radius 3 is 2.20 bits per heavy atom. The standard InChI is InChI=1S/C4HCl2N2.ClH.Zn/c5-3-1-2-4(6)8-7-3;;/h1H;1H;/q-1;;+2/p-1.